The predicted molar refractivity (Wildman–Crippen MR) is 78.1 cm³/mol. The smallest absolute Gasteiger partial charge is 0.209 e. The molecule has 0 saturated heterocycles. The Morgan fingerprint density at radius 3 is 2.80 bits per heavy atom. The Bertz CT molecular complexity index is 797. The monoisotopic (exact) mass is 286 g/mol. The molecule has 0 aliphatic heterocycles. The number of hydrogen-bond acceptors (Lipinski definition) is 4. The third kappa shape index (κ3) is 2.05. The SMILES string of the molecule is CCc1ccccc1-n1[nH]cc(-c2nnn(C)n2)c1=S. The lowest BCUT2D eigenvalue weighted by molar-refractivity contribution is 0.630. The van der Waals surface area contributed by atoms with Gasteiger partial charge in [0.25, 0.3) is 0 Å². The summed E-state index contributed by atoms with van der Waals surface area (Å²) in [5.74, 6) is 0.529. The van der Waals surface area contributed by atoms with E-state index in [4.69, 9.17) is 12.2 Å². The van der Waals surface area contributed by atoms with Crippen LogP contribution in [-0.4, -0.2) is 30.0 Å². The zero-order valence-electron chi connectivity index (χ0n) is 11.2. The third-order valence-electron chi connectivity index (χ3n) is 3.13. The summed E-state index contributed by atoms with van der Waals surface area (Å²) in [6.07, 6.45) is 2.75. The maximum absolute atomic E-state index is 5.52. The molecule has 0 aliphatic rings. The fourth-order valence-electron chi connectivity index (χ4n) is 2.13. The van der Waals surface area contributed by atoms with Gasteiger partial charge in [-0.3, -0.25) is 5.10 Å². The highest BCUT2D eigenvalue weighted by Gasteiger charge is 2.12. The van der Waals surface area contributed by atoms with Crippen molar-refractivity contribution in [1.82, 2.24) is 30.0 Å². The Morgan fingerprint density at radius 1 is 1.30 bits per heavy atom. The van der Waals surface area contributed by atoms with Crippen molar-refractivity contribution in [3.05, 3.63) is 40.7 Å². The Labute approximate surface area is 121 Å². The topological polar surface area (TPSA) is 64.3 Å². The lowest BCUT2D eigenvalue weighted by Crippen LogP contribution is -2.00. The molecular weight excluding hydrogens is 272 g/mol. The molecule has 7 heteroatoms. The third-order valence-corrected chi connectivity index (χ3v) is 3.54. The van der Waals surface area contributed by atoms with Crippen LogP contribution in [0.5, 0.6) is 0 Å². The van der Waals surface area contributed by atoms with E-state index in [0.717, 1.165) is 17.7 Å². The van der Waals surface area contributed by atoms with Crippen molar-refractivity contribution in [2.45, 2.75) is 13.3 Å². The number of para-hydroxylation sites is 1. The van der Waals surface area contributed by atoms with Gasteiger partial charge in [-0.25, -0.2) is 4.68 Å². The summed E-state index contributed by atoms with van der Waals surface area (Å²) in [4.78, 5) is 1.42. The molecule has 0 unspecified atom stereocenters. The second-order valence-corrected chi connectivity index (χ2v) is 4.80. The molecule has 20 heavy (non-hydrogen) atoms. The number of benzene rings is 1. The molecule has 0 bridgehead atoms. The van der Waals surface area contributed by atoms with Gasteiger partial charge in [0.1, 0.15) is 4.64 Å². The summed E-state index contributed by atoms with van der Waals surface area (Å²) in [6, 6.07) is 8.16. The Balaban J connectivity index is 2.13. The van der Waals surface area contributed by atoms with Gasteiger partial charge in [0.05, 0.1) is 18.3 Å². The van der Waals surface area contributed by atoms with E-state index in [2.05, 4.69) is 33.5 Å². The number of aromatic nitrogens is 6. The average Bonchev–Trinajstić information content (AvgIpc) is 3.05. The van der Waals surface area contributed by atoms with Crippen LogP contribution in [0.4, 0.5) is 0 Å². The normalized spacial score (nSPS) is 10.9. The molecule has 1 N–H and O–H groups in total. The molecule has 3 rings (SSSR count). The summed E-state index contributed by atoms with van der Waals surface area (Å²) in [7, 11) is 1.73. The number of tetrazole rings is 1. The highest BCUT2D eigenvalue weighted by molar-refractivity contribution is 7.71. The number of rotatable bonds is 3. The molecule has 102 valence electrons. The number of hydrogen-bond donors (Lipinski definition) is 1. The van der Waals surface area contributed by atoms with E-state index in [1.165, 1.54) is 10.4 Å². The van der Waals surface area contributed by atoms with E-state index in [1.807, 2.05) is 29.1 Å². The first-order valence-electron chi connectivity index (χ1n) is 6.33. The van der Waals surface area contributed by atoms with Crippen molar-refractivity contribution in [1.29, 1.82) is 0 Å². The molecule has 0 saturated carbocycles. The first-order valence-corrected chi connectivity index (χ1v) is 6.74. The minimum absolute atomic E-state index is 0.529. The summed E-state index contributed by atoms with van der Waals surface area (Å²) in [6.45, 7) is 2.12. The van der Waals surface area contributed by atoms with Crippen molar-refractivity contribution in [3.8, 4) is 17.1 Å². The van der Waals surface area contributed by atoms with Crippen LogP contribution in [0, 0.1) is 4.64 Å². The first-order chi connectivity index (χ1) is 9.70. The molecule has 0 amide bonds. The quantitative estimate of drug-likeness (QED) is 0.750. The Hall–Kier alpha value is -2.28. The van der Waals surface area contributed by atoms with Gasteiger partial charge in [0.15, 0.2) is 0 Å². The maximum Gasteiger partial charge on any atom is 0.209 e. The number of nitrogens with zero attached hydrogens (tertiary/aromatic N) is 5. The number of aromatic amines is 1. The van der Waals surface area contributed by atoms with Crippen LogP contribution in [0.25, 0.3) is 17.1 Å². The molecule has 0 aliphatic carbocycles. The van der Waals surface area contributed by atoms with E-state index < -0.39 is 0 Å². The molecule has 0 radical (unpaired) electrons. The van der Waals surface area contributed by atoms with Gasteiger partial charge in [-0.1, -0.05) is 37.3 Å². The molecule has 0 atom stereocenters. The lowest BCUT2D eigenvalue weighted by atomic mass is 10.1. The molecule has 6 nitrogen and oxygen atoms in total. The molecule has 1 aromatic carbocycles. The van der Waals surface area contributed by atoms with Crippen molar-refractivity contribution < 1.29 is 0 Å². The second-order valence-electron chi connectivity index (χ2n) is 4.41. The lowest BCUT2D eigenvalue weighted by Gasteiger charge is -2.08. The highest BCUT2D eigenvalue weighted by atomic mass is 32.1. The van der Waals surface area contributed by atoms with Crippen LogP contribution in [0.2, 0.25) is 0 Å². The standard InChI is InChI=1S/C13H14N6S/c1-3-9-6-4-5-7-11(9)19-13(20)10(8-14-19)12-15-17-18(2)16-12/h4-8,14H,3H2,1-2H3. The molecule has 2 aromatic heterocycles. The van der Waals surface area contributed by atoms with E-state index in [1.54, 1.807) is 7.05 Å². The van der Waals surface area contributed by atoms with Gasteiger partial charge in [-0.05, 0) is 23.3 Å². The Morgan fingerprint density at radius 2 is 2.10 bits per heavy atom. The van der Waals surface area contributed by atoms with Gasteiger partial charge < -0.3 is 0 Å². The van der Waals surface area contributed by atoms with E-state index in [9.17, 15) is 0 Å². The average molecular weight is 286 g/mol. The molecule has 3 aromatic rings. The van der Waals surface area contributed by atoms with Crippen molar-refractivity contribution >= 4 is 12.2 Å². The minimum atomic E-state index is 0.529. The largest absolute Gasteiger partial charge is 0.299 e. The summed E-state index contributed by atoms with van der Waals surface area (Å²) in [5.41, 5.74) is 3.05. The van der Waals surface area contributed by atoms with Gasteiger partial charge in [-0.15, -0.1) is 10.2 Å². The number of H-pyrrole nitrogens is 1. The summed E-state index contributed by atoms with van der Waals surface area (Å²) < 4.78 is 2.53. The van der Waals surface area contributed by atoms with Crippen LogP contribution in [0.3, 0.4) is 0 Å². The molecular formula is C13H14N6S. The fourth-order valence-corrected chi connectivity index (χ4v) is 2.43. The van der Waals surface area contributed by atoms with Crippen LogP contribution in [0.1, 0.15) is 12.5 Å². The van der Waals surface area contributed by atoms with Crippen molar-refractivity contribution in [2.75, 3.05) is 0 Å². The van der Waals surface area contributed by atoms with E-state index in [-0.39, 0.29) is 0 Å². The molecule has 0 fully saturated rings. The van der Waals surface area contributed by atoms with E-state index in [0.29, 0.717) is 10.5 Å². The molecule has 2 heterocycles. The summed E-state index contributed by atoms with van der Waals surface area (Å²) in [5, 5.41) is 15.2. The Kier molecular flexibility index (Phi) is 3.19. The maximum atomic E-state index is 5.52. The van der Waals surface area contributed by atoms with Gasteiger partial charge >= 0.3 is 0 Å². The zero-order chi connectivity index (χ0) is 14.1. The van der Waals surface area contributed by atoms with Gasteiger partial charge in [-0.2, -0.15) is 4.80 Å². The van der Waals surface area contributed by atoms with Crippen LogP contribution in [0.15, 0.2) is 30.5 Å². The fraction of sp³-hybridized carbons (Fsp3) is 0.231. The number of nitrogens with one attached hydrogen (secondary N) is 1. The minimum Gasteiger partial charge on any atom is -0.299 e. The van der Waals surface area contributed by atoms with Crippen LogP contribution < -0.4 is 0 Å². The number of aryl methyl sites for hydroxylation is 2. The zero-order valence-corrected chi connectivity index (χ0v) is 12.1. The second kappa shape index (κ2) is 5.01. The molecule has 0 spiro atoms. The van der Waals surface area contributed by atoms with E-state index >= 15 is 0 Å². The van der Waals surface area contributed by atoms with Gasteiger partial charge in [0.2, 0.25) is 5.82 Å². The van der Waals surface area contributed by atoms with Crippen LogP contribution >= 0.6 is 12.2 Å². The summed E-state index contributed by atoms with van der Waals surface area (Å²) >= 11 is 5.52. The highest BCUT2D eigenvalue weighted by Crippen LogP contribution is 2.20. The first kappa shape index (κ1) is 12.7. The predicted octanol–water partition coefficient (Wildman–Crippen LogP) is 2.29. The van der Waals surface area contributed by atoms with Crippen LogP contribution in [-0.2, 0) is 13.5 Å². The van der Waals surface area contributed by atoms with Gasteiger partial charge in [0, 0.05) is 6.20 Å². The van der Waals surface area contributed by atoms with Crippen molar-refractivity contribution in [2.24, 2.45) is 7.05 Å². The van der Waals surface area contributed by atoms with Crippen molar-refractivity contribution in [3.63, 3.8) is 0 Å².